The molecule has 2 atom stereocenters. The number of carbonyl (C=O) groups excluding carboxylic acids is 1. The maximum atomic E-state index is 13.5. The smallest absolute Gasteiger partial charge is 0.394 e. The number of carbonyl (C=O) groups is 1. The lowest BCUT2D eigenvalue weighted by Crippen LogP contribution is -2.46. The van der Waals surface area contributed by atoms with Crippen LogP contribution in [0.25, 0.3) is 0 Å². The van der Waals surface area contributed by atoms with Gasteiger partial charge < -0.3 is 20.3 Å². The fourth-order valence-corrected chi connectivity index (χ4v) is 6.42. The van der Waals surface area contributed by atoms with Gasteiger partial charge in [-0.05, 0) is 82.6 Å². The molecule has 0 spiro atoms. The van der Waals surface area contributed by atoms with Crippen LogP contribution in [-0.2, 0) is 4.74 Å². The molecule has 3 aliphatic rings. The summed E-state index contributed by atoms with van der Waals surface area (Å²) in [4.78, 5) is 25.3. The van der Waals surface area contributed by atoms with Gasteiger partial charge in [-0.1, -0.05) is 13.0 Å². The van der Waals surface area contributed by atoms with Crippen LogP contribution in [0, 0.1) is 10.8 Å². The molecule has 2 fully saturated rings. The molecule has 5 rings (SSSR count). The fourth-order valence-electron chi connectivity index (χ4n) is 5.82. The third kappa shape index (κ3) is 7.02. The standard InChI is InChI=1S/C30H38F3N7O2S/c1-3-28(2)13-11-20-6-5-17-35-23-7-4-8-25(37-23)43-39-27(41)21-9-10-24(38-26(21)40(20)28)36-18-12-22(34)42-19-16-29(14-15-29)30(31,32)33/h4,7-10,12,18,20,34H,3,5-6,11,13-17,19H2,1-2H3,(H,35,37)(H,36,38)(H,39,41)/b18-12-,34-22?. The highest BCUT2D eigenvalue weighted by Crippen LogP contribution is 2.59. The van der Waals surface area contributed by atoms with E-state index in [-0.39, 0.29) is 49.3 Å². The lowest BCUT2D eigenvalue weighted by molar-refractivity contribution is -0.190. The first-order valence-corrected chi connectivity index (χ1v) is 15.5. The van der Waals surface area contributed by atoms with E-state index in [1.165, 1.54) is 12.3 Å². The average Bonchev–Trinajstić information content (AvgIpc) is 3.71. The highest BCUT2D eigenvalue weighted by Gasteiger charge is 2.62. The zero-order chi connectivity index (χ0) is 30.7. The minimum absolute atomic E-state index is 0.112. The molecule has 2 aromatic rings. The van der Waals surface area contributed by atoms with Crippen LogP contribution in [0.15, 0.2) is 47.6 Å². The molecule has 4 heterocycles. The van der Waals surface area contributed by atoms with Crippen molar-refractivity contribution in [1.29, 1.82) is 5.41 Å². The molecule has 1 amide bonds. The first kappa shape index (κ1) is 31.0. The quantitative estimate of drug-likeness (QED) is 0.151. The number of anilines is 3. The largest absolute Gasteiger partial charge is 0.478 e. The molecule has 4 N–H and O–H groups in total. The number of amides is 1. The van der Waals surface area contributed by atoms with Crippen molar-refractivity contribution in [3.8, 4) is 0 Å². The number of hydrogen-bond acceptors (Lipinski definition) is 9. The second kappa shape index (κ2) is 12.6. The number of nitrogens with one attached hydrogen (secondary N) is 4. The Balaban J connectivity index is 1.34. The Hall–Kier alpha value is -3.48. The van der Waals surface area contributed by atoms with Gasteiger partial charge in [0.1, 0.15) is 22.5 Å². The molecule has 9 nitrogen and oxygen atoms in total. The number of halogens is 3. The van der Waals surface area contributed by atoms with Crippen LogP contribution in [0.3, 0.4) is 0 Å². The summed E-state index contributed by atoms with van der Waals surface area (Å²) in [5, 5.41) is 15.1. The van der Waals surface area contributed by atoms with Gasteiger partial charge in [0.25, 0.3) is 5.91 Å². The molecule has 2 aliphatic heterocycles. The minimum atomic E-state index is -4.24. The van der Waals surface area contributed by atoms with Gasteiger partial charge in [-0.3, -0.25) is 14.9 Å². The fraction of sp³-hybridized carbons (Fsp3) is 0.533. The molecule has 43 heavy (non-hydrogen) atoms. The van der Waals surface area contributed by atoms with Crippen molar-refractivity contribution in [2.24, 2.45) is 5.41 Å². The second-order valence-corrected chi connectivity index (χ2v) is 12.5. The number of nitrogens with zero attached hydrogens (tertiary/aromatic N) is 3. The van der Waals surface area contributed by atoms with Gasteiger partial charge in [-0.25, -0.2) is 9.97 Å². The number of fused-ring (bicyclic) bond motifs is 5. The molecule has 2 bridgehead atoms. The zero-order valence-corrected chi connectivity index (χ0v) is 25.2. The van der Waals surface area contributed by atoms with Crippen LogP contribution in [0.5, 0.6) is 0 Å². The highest BCUT2D eigenvalue weighted by molar-refractivity contribution is 7.97. The molecule has 1 saturated heterocycles. The SMILES string of the molecule is CCC1(C)CCC2CCCNc3cccc(n3)SNC(=O)c3ccc(N/C=C\C(=N)OCCC4(C(F)(F)F)CC4)nc3N21. The molecule has 2 aromatic heterocycles. The molecule has 0 radical (unpaired) electrons. The second-order valence-electron chi connectivity index (χ2n) is 11.7. The first-order valence-electron chi connectivity index (χ1n) is 14.7. The number of pyridine rings is 2. The van der Waals surface area contributed by atoms with Gasteiger partial charge in [-0.2, -0.15) is 13.2 Å². The predicted octanol–water partition coefficient (Wildman–Crippen LogP) is 6.91. The van der Waals surface area contributed by atoms with Crippen LogP contribution >= 0.6 is 11.9 Å². The molecule has 13 heteroatoms. The number of ether oxygens (including phenoxy) is 1. The van der Waals surface area contributed by atoms with Crippen molar-refractivity contribution in [3.63, 3.8) is 0 Å². The predicted molar refractivity (Wildman–Crippen MR) is 162 cm³/mol. The average molecular weight is 618 g/mol. The van der Waals surface area contributed by atoms with Gasteiger partial charge in [0, 0.05) is 42.3 Å². The van der Waals surface area contributed by atoms with Crippen LogP contribution in [0.4, 0.5) is 30.6 Å². The van der Waals surface area contributed by atoms with Gasteiger partial charge in [0.15, 0.2) is 0 Å². The summed E-state index contributed by atoms with van der Waals surface area (Å²) in [6.45, 7) is 4.97. The van der Waals surface area contributed by atoms with E-state index in [9.17, 15) is 18.0 Å². The summed E-state index contributed by atoms with van der Waals surface area (Å²) in [6, 6.07) is 9.29. The maximum Gasteiger partial charge on any atom is 0.394 e. The molecular weight excluding hydrogens is 579 g/mol. The van der Waals surface area contributed by atoms with E-state index in [0.717, 1.165) is 56.4 Å². The van der Waals surface area contributed by atoms with Crippen molar-refractivity contribution >= 4 is 41.2 Å². The molecule has 1 saturated carbocycles. The Labute approximate surface area is 254 Å². The van der Waals surface area contributed by atoms with E-state index in [0.29, 0.717) is 22.2 Å². The topological polar surface area (TPSA) is 115 Å². The number of alkyl halides is 3. The zero-order valence-electron chi connectivity index (χ0n) is 24.4. The Kier molecular flexibility index (Phi) is 9.10. The normalized spacial score (nSPS) is 23.4. The van der Waals surface area contributed by atoms with Crippen molar-refractivity contribution in [2.75, 3.05) is 28.7 Å². The number of aromatic nitrogens is 2. The van der Waals surface area contributed by atoms with Crippen molar-refractivity contribution in [1.82, 2.24) is 14.7 Å². The third-order valence-corrected chi connectivity index (χ3v) is 9.55. The number of hydrogen-bond donors (Lipinski definition) is 4. The van der Waals surface area contributed by atoms with E-state index < -0.39 is 11.6 Å². The lowest BCUT2D eigenvalue weighted by Gasteiger charge is -2.40. The molecule has 2 unspecified atom stereocenters. The summed E-state index contributed by atoms with van der Waals surface area (Å²) in [5.74, 6) is 1.31. The van der Waals surface area contributed by atoms with E-state index in [2.05, 4.69) is 39.1 Å². The van der Waals surface area contributed by atoms with E-state index in [1.807, 2.05) is 18.2 Å². The summed E-state index contributed by atoms with van der Waals surface area (Å²) in [7, 11) is 0. The first-order chi connectivity index (χ1) is 20.5. The van der Waals surface area contributed by atoms with Crippen molar-refractivity contribution in [3.05, 3.63) is 48.2 Å². The Morgan fingerprint density at radius 2 is 2.05 bits per heavy atom. The van der Waals surface area contributed by atoms with E-state index >= 15 is 0 Å². The molecular formula is C30H38F3N7O2S. The van der Waals surface area contributed by atoms with Gasteiger partial charge in [-0.15, -0.1) is 0 Å². The Morgan fingerprint density at radius 1 is 1.23 bits per heavy atom. The highest BCUT2D eigenvalue weighted by atomic mass is 32.2. The van der Waals surface area contributed by atoms with Gasteiger partial charge >= 0.3 is 6.18 Å². The lowest BCUT2D eigenvalue weighted by atomic mass is 9.95. The summed E-state index contributed by atoms with van der Waals surface area (Å²) >= 11 is 1.15. The van der Waals surface area contributed by atoms with Gasteiger partial charge in [0.2, 0.25) is 5.90 Å². The summed E-state index contributed by atoms with van der Waals surface area (Å²) < 4.78 is 47.6. The molecule has 1 aliphatic carbocycles. The molecule has 232 valence electrons. The van der Waals surface area contributed by atoms with Crippen LogP contribution in [0.1, 0.15) is 75.6 Å². The van der Waals surface area contributed by atoms with E-state index in [1.54, 1.807) is 12.1 Å². The number of rotatable bonds is 7. The van der Waals surface area contributed by atoms with E-state index in [4.69, 9.17) is 15.1 Å². The van der Waals surface area contributed by atoms with Crippen molar-refractivity contribution in [2.45, 2.75) is 88.0 Å². The van der Waals surface area contributed by atoms with Gasteiger partial charge in [0.05, 0.1) is 17.6 Å². The third-order valence-electron chi connectivity index (χ3n) is 8.82. The maximum absolute atomic E-state index is 13.5. The van der Waals surface area contributed by atoms with Crippen LogP contribution in [0.2, 0.25) is 0 Å². The summed E-state index contributed by atoms with van der Waals surface area (Å²) in [5.41, 5.74) is -1.39. The Morgan fingerprint density at radius 3 is 2.79 bits per heavy atom. The molecule has 0 aromatic carbocycles. The monoisotopic (exact) mass is 617 g/mol. The minimum Gasteiger partial charge on any atom is -0.478 e. The Bertz CT molecular complexity index is 1370. The van der Waals surface area contributed by atoms with Crippen LogP contribution in [-0.4, -0.2) is 52.7 Å². The van der Waals surface area contributed by atoms with Crippen molar-refractivity contribution < 1.29 is 22.7 Å². The summed E-state index contributed by atoms with van der Waals surface area (Å²) in [6.07, 6.45) is 3.33. The van der Waals surface area contributed by atoms with Crippen LogP contribution < -0.4 is 20.3 Å².